The molecule has 0 atom stereocenters. The zero-order valence-corrected chi connectivity index (χ0v) is 10.1. The molecule has 5 nitrogen and oxygen atoms in total. The molecule has 0 bridgehead atoms. The van der Waals surface area contributed by atoms with Gasteiger partial charge in [-0.15, -0.1) is 0 Å². The zero-order chi connectivity index (χ0) is 11.5. The van der Waals surface area contributed by atoms with Crippen molar-refractivity contribution >= 4 is 5.82 Å². The van der Waals surface area contributed by atoms with Crippen LogP contribution in [0.15, 0.2) is 6.07 Å². The summed E-state index contributed by atoms with van der Waals surface area (Å²) in [4.78, 5) is 2.41. The van der Waals surface area contributed by atoms with E-state index in [9.17, 15) is 0 Å². The van der Waals surface area contributed by atoms with Crippen molar-refractivity contribution in [3.8, 4) is 0 Å². The third kappa shape index (κ3) is 2.54. The number of nitrogens with two attached hydrogens (primary N) is 1. The fraction of sp³-hybridized carbons (Fsp3) is 0.727. The first-order valence-corrected chi connectivity index (χ1v) is 5.94. The van der Waals surface area contributed by atoms with E-state index in [4.69, 9.17) is 5.73 Å². The average Bonchev–Trinajstić information content (AvgIpc) is 2.61. The van der Waals surface area contributed by atoms with E-state index in [1.807, 2.05) is 10.7 Å². The molecule has 1 saturated heterocycles. The molecule has 3 N–H and O–H groups in total. The van der Waals surface area contributed by atoms with Gasteiger partial charge in [-0.05, 0) is 13.8 Å². The molecule has 16 heavy (non-hydrogen) atoms. The van der Waals surface area contributed by atoms with E-state index in [-0.39, 0.29) is 0 Å². The van der Waals surface area contributed by atoms with Crippen LogP contribution in [0.4, 0.5) is 5.82 Å². The normalized spacial score (nSPS) is 18.2. The molecular weight excluding hydrogens is 202 g/mol. The van der Waals surface area contributed by atoms with Gasteiger partial charge in [-0.2, -0.15) is 5.10 Å². The summed E-state index contributed by atoms with van der Waals surface area (Å²) >= 11 is 0. The molecule has 1 aliphatic rings. The monoisotopic (exact) mass is 223 g/mol. The van der Waals surface area contributed by atoms with E-state index in [2.05, 4.69) is 29.2 Å². The van der Waals surface area contributed by atoms with Gasteiger partial charge in [-0.1, -0.05) is 0 Å². The molecule has 2 rings (SSSR count). The number of anilines is 1. The summed E-state index contributed by atoms with van der Waals surface area (Å²) in [5, 5.41) is 7.88. The van der Waals surface area contributed by atoms with E-state index in [0.29, 0.717) is 6.04 Å². The van der Waals surface area contributed by atoms with Gasteiger partial charge in [-0.25, -0.2) is 4.68 Å². The molecular formula is C11H21N5. The number of hydrogen-bond donors (Lipinski definition) is 2. The number of piperazine rings is 1. The first-order chi connectivity index (χ1) is 7.66. The highest BCUT2D eigenvalue weighted by Crippen LogP contribution is 2.14. The van der Waals surface area contributed by atoms with Crippen molar-refractivity contribution in [1.29, 1.82) is 0 Å². The Morgan fingerprint density at radius 2 is 2.12 bits per heavy atom. The minimum atomic E-state index is 0.330. The maximum Gasteiger partial charge on any atom is 0.122 e. The second kappa shape index (κ2) is 4.84. The standard InChI is InChI=1S/C11H21N5/c1-9(2)16-11(12)7-10(14-16)8-15-5-3-13-4-6-15/h7,9,13H,3-6,8,12H2,1-2H3. The van der Waals surface area contributed by atoms with Crippen LogP contribution >= 0.6 is 0 Å². The van der Waals surface area contributed by atoms with Crippen LogP contribution in [0.1, 0.15) is 25.6 Å². The van der Waals surface area contributed by atoms with Crippen LogP contribution < -0.4 is 11.1 Å². The number of hydrogen-bond acceptors (Lipinski definition) is 4. The van der Waals surface area contributed by atoms with Crippen molar-refractivity contribution in [2.24, 2.45) is 0 Å². The molecule has 0 unspecified atom stereocenters. The molecule has 5 heteroatoms. The Morgan fingerprint density at radius 1 is 1.44 bits per heavy atom. The smallest absolute Gasteiger partial charge is 0.122 e. The Hall–Kier alpha value is -1.07. The van der Waals surface area contributed by atoms with Crippen LogP contribution in [-0.2, 0) is 6.54 Å². The molecule has 0 aliphatic carbocycles. The van der Waals surface area contributed by atoms with Crippen LogP contribution in [-0.4, -0.2) is 40.9 Å². The molecule has 0 radical (unpaired) electrons. The second-order valence-electron chi connectivity index (χ2n) is 4.63. The summed E-state index contributed by atoms with van der Waals surface area (Å²) in [6.45, 7) is 9.42. The molecule has 0 amide bonds. The molecule has 0 aromatic carbocycles. The summed E-state index contributed by atoms with van der Waals surface area (Å²) < 4.78 is 1.89. The summed E-state index contributed by atoms with van der Waals surface area (Å²) in [5.41, 5.74) is 6.99. The van der Waals surface area contributed by atoms with Crippen LogP contribution in [0.25, 0.3) is 0 Å². The number of nitrogen functional groups attached to an aromatic ring is 1. The first-order valence-electron chi connectivity index (χ1n) is 5.94. The fourth-order valence-corrected chi connectivity index (χ4v) is 2.05. The van der Waals surface area contributed by atoms with Gasteiger partial charge in [0.05, 0.1) is 5.69 Å². The number of aromatic nitrogens is 2. The SMILES string of the molecule is CC(C)n1nc(CN2CCNCC2)cc1N. The highest BCUT2D eigenvalue weighted by Gasteiger charge is 2.13. The van der Waals surface area contributed by atoms with Crippen LogP contribution in [0.2, 0.25) is 0 Å². The van der Waals surface area contributed by atoms with Gasteiger partial charge < -0.3 is 11.1 Å². The highest BCUT2D eigenvalue weighted by molar-refractivity contribution is 5.31. The van der Waals surface area contributed by atoms with Gasteiger partial charge in [0.1, 0.15) is 5.82 Å². The molecule has 1 fully saturated rings. The molecule has 1 aromatic heterocycles. The lowest BCUT2D eigenvalue weighted by atomic mass is 10.3. The number of nitrogens with one attached hydrogen (secondary N) is 1. The van der Waals surface area contributed by atoms with E-state index in [1.165, 1.54) is 0 Å². The molecule has 2 heterocycles. The lowest BCUT2D eigenvalue weighted by molar-refractivity contribution is 0.230. The fourth-order valence-electron chi connectivity index (χ4n) is 2.05. The van der Waals surface area contributed by atoms with E-state index in [0.717, 1.165) is 44.2 Å². The van der Waals surface area contributed by atoms with Gasteiger partial charge >= 0.3 is 0 Å². The maximum absolute atomic E-state index is 5.92. The van der Waals surface area contributed by atoms with E-state index in [1.54, 1.807) is 0 Å². The van der Waals surface area contributed by atoms with Crippen LogP contribution in [0, 0.1) is 0 Å². The maximum atomic E-state index is 5.92. The van der Waals surface area contributed by atoms with Crippen molar-refractivity contribution in [2.45, 2.75) is 26.4 Å². The van der Waals surface area contributed by atoms with Crippen molar-refractivity contribution < 1.29 is 0 Å². The van der Waals surface area contributed by atoms with Crippen molar-refractivity contribution in [2.75, 3.05) is 31.9 Å². The first kappa shape index (κ1) is 11.4. The van der Waals surface area contributed by atoms with E-state index >= 15 is 0 Å². The predicted octanol–water partition coefficient (Wildman–Crippen LogP) is 0.451. The molecule has 1 aliphatic heterocycles. The lowest BCUT2D eigenvalue weighted by Crippen LogP contribution is -2.42. The molecule has 0 spiro atoms. The Bertz CT molecular complexity index is 338. The minimum Gasteiger partial charge on any atom is -0.384 e. The van der Waals surface area contributed by atoms with Gasteiger partial charge in [0.25, 0.3) is 0 Å². The highest BCUT2D eigenvalue weighted by atomic mass is 15.3. The topological polar surface area (TPSA) is 59.1 Å². The molecule has 0 saturated carbocycles. The van der Waals surface area contributed by atoms with E-state index < -0.39 is 0 Å². The Kier molecular flexibility index (Phi) is 3.46. The average molecular weight is 223 g/mol. The Morgan fingerprint density at radius 3 is 2.69 bits per heavy atom. The summed E-state index contributed by atoms with van der Waals surface area (Å²) in [5.74, 6) is 0.764. The Balaban J connectivity index is 2.01. The largest absolute Gasteiger partial charge is 0.384 e. The quantitative estimate of drug-likeness (QED) is 0.781. The molecule has 1 aromatic rings. The van der Waals surface area contributed by atoms with Crippen molar-refractivity contribution in [3.63, 3.8) is 0 Å². The summed E-state index contributed by atoms with van der Waals surface area (Å²) in [7, 11) is 0. The van der Waals surface area contributed by atoms with Crippen molar-refractivity contribution in [1.82, 2.24) is 20.0 Å². The third-order valence-corrected chi connectivity index (χ3v) is 2.90. The summed E-state index contributed by atoms with van der Waals surface area (Å²) in [6, 6.07) is 2.32. The minimum absolute atomic E-state index is 0.330. The second-order valence-corrected chi connectivity index (χ2v) is 4.63. The van der Waals surface area contributed by atoms with Crippen LogP contribution in [0.3, 0.4) is 0 Å². The predicted molar refractivity (Wildman–Crippen MR) is 65.2 cm³/mol. The lowest BCUT2D eigenvalue weighted by Gasteiger charge is -2.26. The summed E-state index contributed by atoms with van der Waals surface area (Å²) in [6.07, 6.45) is 0. The molecule has 90 valence electrons. The van der Waals surface area contributed by atoms with Gasteiger partial charge in [0, 0.05) is 44.8 Å². The number of rotatable bonds is 3. The van der Waals surface area contributed by atoms with Crippen molar-refractivity contribution in [3.05, 3.63) is 11.8 Å². The van der Waals surface area contributed by atoms with Gasteiger partial charge in [0.2, 0.25) is 0 Å². The Labute approximate surface area is 96.6 Å². The van der Waals surface area contributed by atoms with Gasteiger partial charge in [0.15, 0.2) is 0 Å². The zero-order valence-electron chi connectivity index (χ0n) is 10.1. The van der Waals surface area contributed by atoms with Gasteiger partial charge in [-0.3, -0.25) is 4.90 Å². The number of nitrogens with zero attached hydrogens (tertiary/aromatic N) is 3. The van der Waals surface area contributed by atoms with Crippen LogP contribution in [0.5, 0.6) is 0 Å². The third-order valence-electron chi connectivity index (χ3n) is 2.90.